The Morgan fingerprint density at radius 1 is 0.250 bits per heavy atom. The molecule has 0 radical (unpaired) electrons. The summed E-state index contributed by atoms with van der Waals surface area (Å²) in [5, 5.41) is 16.3. The second kappa shape index (κ2) is 29.9. The number of fused-ring (bicyclic) bond motifs is 4. The molecule has 4 amide bonds. The van der Waals surface area contributed by atoms with Gasteiger partial charge in [0, 0.05) is 23.7 Å². The van der Waals surface area contributed by atoms with Crippen LogP contribution < -0.4 is 21.3 Å². The SMILES string of the molecule is O=CNC1CCC(c2ccc(Cl)c(Cl)c2)c2ccccc21.O=CNC1CC[C@@H](c2ccc(Cl)c(Cl)c2)c2ccccc21.O=CN[C@H]1CCC(c2ccc(Cl)c(Cl)c2)c2ccccc21.O=CN[C@H]1CC[C@@H](c2ccc(Cl)c(Cl)c2)c2ccccc21. The predicted octanol–water partition coefficient (Wildman–Crippen LogP) is 18.8. The maximum absolute atomic E-state index is 10.8. The van der Waals surface area contributed by atoms with Gasteiger partial charge in [0.05, 0.1) is 64.3 Å². The molecule has 0 heterocycles. The van der Waals surface area contributed by atoms with E-state index in [9.17, 15) is 19.2 Å². The minimum absolute atomic E-state index is 0.0951. The fraction of sp³-hybridized carbons (Fsp3) is 0.235. The van der Waals surface area contributed by atoms with Gasteiger partial charge in [-0.3, -0.25) is 19.2 Å². The average molecular weight is 1280 g/mol. The number of carbonyl (C=O) groups is 4. The van der Waals surface area contributed by atoms with Crippen molar-refractivity contribution < 1.29 is 19.2 Å². The van der Waals surface area contributed by atoms with Gasteiger partial charge in [-0.1, -0.05) is 214 Å². The Morgan fingerprint density at radius 3 is 0.619 bits per heavy atom. The summed E-state index contributed by atoms with van der Waals surface area (Å²) < 4.78 is 0. The number of amides is 4. The number of halogens is 8. The molecule has 4 unspecified atom stereocenters. The van der Waals surface area contributed by atoms with Crippen molar-refractivity contribution in [2.45, 2.75) is 99.2 Å². The summed E-state index contributed by atoms with van der Waals surface area (Å²) in [7, 11) is 0. The molecule has 12 rings (SSSR count). The molecule has 84 heavy (non-hydrogen) atoms. The molecule has 8 nitrogen and oxygen atoms in total. The van der Waals surface area contributed by atoms with Crippen LogP contribution in [-0.2, 0) is 19.2 Å². The minimum Gasteiger partial charge on any atom is -0.352 e. The van der Waals surface area contributed by atoms with E-state index in [1.54, 1.807) is 0 Å². The summed E-state index contributed by atoms with van der Waals surface area (Å²) in [5.41, 5.74) is 14.4. The summed E-state index contributed by atoms with van der Waals surface area (Å²) in [5.74, 6) is 1.17. The molecule has 432 valence electrons. The Labute approximate surface area is 530 Å². The van der Waals surface area contributed by atoms with Gasteiger partial charge in [-0.25, -0.2) is 0 Å². The lowest BCUT2D eigenvalue weighted by atomic mass is 9.77. The average Bonchev–Trinajstić information content (AvgIpc) is 3.67. The van der Waals surface area contributed by atoms with Crippen molar-refractivity contribution in [2.24, 2.45) is 0 Å². The summed E-state index contributed by atoms with van der Waals surface area (Å²) in [6, 6.07) is 56.7. The lowest BCUT2D eigenvalue weighted by Gasteiger charge is -2.31. The van der Waals surface area contributed by atoms with Crippen LogP contribution in [0.1, 0.15) is 166 Å². The van der Waals surface area contributed by atoms with Crippen LogP contribution in [0.25, 0.3) is 0 Å². The number of carbonyl (C=O) groups excluding carboxylic acids is 4. The van der Waals surface area contributed by atoms with E-state index >= 15 is 0 Å². The van der Waals surface area contributed by atoms with E-state index in [0.717, 1.165) is 77.0 Å². The zero-order valence-corrected chi connectivity index (χ0v) is 51.5. The molecule has 4 aliphatic carbocycles. The normalized spacial score (nSPS) is 20.7. The van der Waals surface area contributed by atoms with E-state index in [1.807, 2.05) is 121 Å². The molecule has 8 aromatic rings. The zero-order valence-electron chi connectivity index (χ0n) is 45.4. The fourth-order valence-electron chi connectivity index (χ4n) is 12.5. The third-order valence-electron chi connectivity index (χ3n) is 16.4. The Hall–Kier alpha value is -6.04. The van der Waals surface area contributed by atoms with Gasteiger partial charge >= 0.3 is 0 Å². The van der Waals surface area contributed by atoms with Crippen molar-refractivity contribution in [1.82, 2.24) is 21.3 Å². The highest BCUT2D eigenvalue weighted by Gasteiger charge is 2.32. The third-order valence-corrected chi connectivity index (χ3v) is 19.4. The molecule has 0 aliphatic heterocycles. The van der Waals surface area contributed by atoms with Crippen LogP contribution in [-0.4, -0.2) is 25.6 Å². The summed E-state index contributed by atoms with van der Waals surface area (Å²) in [6.45, 7) is 0. The summed E-state index contributed by atoms with van der Waals surface area (Å²) in [6.07, 6.45) is 10.7. The number of rotatable bonds is 12. The van der Waals surface area contributed by atoms with Crippen LogP contribution in [0, 0.1) is 0 Å². The van der Waals surface area contributed by atoms with Crippen LogP contribution >= 0.6 is 92.8 Å². The van der Waals surface area contributed by atoms with Crippen LogP contribution in [0.2, 0.25) is 40.2 Å². The molecular weight excluding hydrogens is 1220 g/mol. The molecule has 8 aromatic carbocycles. The Morgan fingerprint density at radius 2 is 0.440 bits per heavy atom. The van der Waals surface area contributed by atoms with Gasteiger partial charge in [0.25, 0.3) is 0 Å². The highest BCUT2D eigenvalue weighted by molar-refractivity contribution is 6.43. The van der Waals surface area contributed by atoms with E-state index in [1.165, 1.54) is 66.8 Å². The maximum Gasteiger partial charge on any atom is 0.207 e. The molecule has 0 aromatic heterocycles. The standard InChI is InChI=1S/4C17H15Cl2NO/c4*18-15-7-5-11(9-16(15)19)12-6-8-17(20-10-21)14-4-2-1-3-13(12)14/h4*1-5,7,9-10,12,17H,6,8H2,(H,20,21)/t12?,17-;12-,17?;12-,17-;/m000./s1. The lowest BCUT2D eigenvalue weighted by molar-refractivity contribution is -0.111. The fourth-order valence-corrected chi connectivity index (χ4v) is 13.7. The van der Waals surface area contributed by atoms with Crippen LogP contribution in [0.5, 0.6) is 0 Å². The summed E-state index contributed by atoms with van der Waals surface area (Å²) in [4.78, 5) is 43.1. The summed E-state index contributed by atoms with van der Waals surface area (Å²) >= 11 is 48.6. The zero-order chi connectivity index (χ0) is 59.3. The largest absolute Gasteiger partial charge is 0.352 e. The quantitative estimate of drug-likeness (QED) is 0.0912. The van der Waals surface area contributed by atoms with Gasteiger partial charge in [0.1, 0.15) is 0 Å². The monoisotopic (exact) mass is 1280 g/mol. The first-order chi connectivity index (χ1) is 40.8. The molecule has 0 fully saturated rings. The highest BCUT2D eigenvalue weighted by atomic mass is 35.5. The molecule has 16 heteroatoms. The molecule has 0 saturated heterocycles. The molecule has 0 bridgehead atoms. The number of hydrogen-bond donors (Lipinski definition) is 4. The number of hydrogen-bond acceptors (Lipinski definition) is 4. The predicted molar refractivity (Wildman–Crippen MR) is 344 cm³/mol. The third kappa shape index (κ3) is 14.8. The minimum atomic E-state index is 0.0951. The van der Waals surface area contributed by atoms with Crippen molar-refractivity contribution in [3.8, 4) is 0 Å². The number of benzene rings is 8. The maximum atomic E-state index is 10.8. The van der Waals surface area contributed by atoms with Gasteiger partial charge in [-0.05, 0) is 167 Å². The molecule has 4 N–H and O–H groups in total. The molecule has 8 atom stereocenters. The first kappa shape index (κ1) is 62.5. The molecule has 0 saturated carbocycles. The van der Waals surface area contributed by atoms with Gasteiger partial charge < -0.3 is 21.3 Å². The number of nitrogens with one attached hydrogen (secondary N) is 4. The second-order valence-electron chi connectivity index (χ2n) is 21.1. The molecular formula is C68H60Cl8N4O4. The van der Waals surface area contributed by atoms with Crippen molar-refractivity contribution in [2.75, 3.05) is 0 Å². The lowest BCUT2D eigenvalue weighted by Crippen LogP contribution is -2.26. The first-order valence-corrected chi connectivity index (χ1v) is 30.8. The van der Waals surface area contributed by atoms with Crippen molar-refractivity contribution in [3.05, 3.63) is 277 Å². The van der Waals surface area contributed by atoms with E-state index < -0.39 is 0 Å². The van der Waals surface area contributed by atoms with Gasteiger partial charge in [0.15, 0.2) is 0 Å². The molecule has 4 aliphatic rings. The van der Waals surface area contributed by atoms with Gasteiger partial charge in [0.2, 0.25) is 25.6 Å². The van der Waals surface area contributed by atoms with Crippen LogP contribution in [0.15, 0.2) is 170 Å². The van der Waals surface area contributed by atoms with Crippen molar-refractivity contribution >= 4 is 118 Å². The van der Waals surface area contributed by atoms with Gasteiger partial charge in [-0.2, -0.15) is 0 Å². The van der Waals surface area contributed by atoms with E-state index in [0.29, 0.717) is 63.9 Å². The second-order valence-corrected chi connectivity index (χ2v) is 24.3. The van der Waals surface area contributed by atoms with Gasteiger partial charge in [-0.15, -0.1) is 0 Å². The van der Waals surface area contributed by atoms with E-state index in [-0.39, 0.29) is 24.2 Å². The first-order valence-electron chi connectivity index (χ1n) is 27.8. The Bertz CT molecular complexity index is 3150. The Balaban J connectivity index is 0.000000134. The van der Waals surface area contributed by atoms with Crippen molar-refractivity contribution in [3.63, 3.8) is 0 Å². The highest BCUT2D eigenvalue weighted by Crippen LogP contribution is 2.46. The molecule has 0 spiro atoms. The topological polar surface area (TPSA) is 116 Å². The van der Waals surface area contributed by atoms with Crippen molar-refractivity contribution in [1.29, 1.82) is 0 Å². The smallest absolute Gasteiger partial charge is 0.207 e. The van der Waals surface area contributed by atoms with Crippen LogP contribution in [0.3, 0.4) is 0 Å². The van der Waals surface area contributed by atoms with Crippen LogP contribution in [0.4, 0.5) is 0 Å². The van der Waals surface area contributed by atoms with E-state index in [4.69, 9.17) is 92.8 Å². The van der Waals surface area contributed by atoms with E-state index in [2.05, 4.69) is 69.8 Å². The Kier molecular flexibility index (Phi) is 22.2.